The van der Waals surface area contributed by atoms with Crippen molar-refractivity contribution in [1.29, 1.82) is 0 Å². The van der Waals surface area contributed by atoms with Crippen molar-refractivity contribution in [2.24, 2.45) is 0 Å². The van der Waals surface area contributed by atoms with Crippen molar-refractivity contribution in [3.63, 3.8) is 0 Å². The van der Waals surface area contributed by atoms with Gasteiger partial charge in [-0.3, -0.25) is 0 Å². The largest absolute Gasteiger partial charge is 0.497 e. The van der Waals surface area contributed by atoms with E-state index < -0.39 is 0 Å². The molecule has 1 atom stereocenters. The highest BCUT2D eigenvalue weighted by Crippen LogP contribution is 2.32. The van der Waals surface area contributed by atoms with E-state index in [-0.39, 0.29) is 0 Å². The molecule has 4 heteroatoms. The van der Waals surface area contributed by atoms with Crippen LogP contribution in [0, 0.1) is 0 Å². The molecule has 1 aromatic carbocycles. The maximum atomic E-state index is 5.26. The highest BCUT2D eigenvalue weighted by Gasteiger charge is 2.19. The number of hydrogen-bond donors (Lipinski definition) is 1. The third-order valence-corrected chi connectivity index (χ3v) is 4.35. The van der Waals surface area contributed by atoms with E-state index in [1.807, 2.05) is 18.2 Å². The molecule has 94 valence electrons. The lowest BCUT2D eigenvalue weighted by Gasteiger charge is -2.18. The van der Waals surface area contributed by atoms with Crippen LogP contribution in [0.15, 0.2) is 24.3 Å². The van der Waals surface area contributed by atoms with Crippen LogP contribution >= 0.6 is 11.3 Å². The Morgan fingerprint density at radius 2 is 2.33 bits per heavy atom. The normalized spacial score (nSPS) is 18.4. The number of fused-ring (bicyclic) bond motifs is 1. The summed E-state index contributed by atoms with van der Waals surface area (Å²) in [6.07, 6.45) is 1.02. The molecule has 1 aromatic heterocycles. The van der Waals surface area contributed by atoms with E-state index in [0.29, 0.717) is 6.04 Å². The number of nitrogens with one attached hydrogen (secondary N) is 1. The SMILES string of the molecule is COc1cccc(-c2nc3c(s2)CNC(C)C3)c1. The average Bonchev–Trinajstić information content (AvgIpc) is 2.81. The molecule has 2 heterocycles. The summed E-state index contributed by atoms with van der Waals surface area (Å²) >= 11 is 1.78. The van der Waals surface area contributed by atoms with Gasteiger partial charge < -0.3 is 10.1 Å². The lowest BCUT2D eigenvalue weighted by atomic mass is 10.1. The maximum absolute atomic E-state index is 5.26. The van der Waals surface area contributed by atoms with Gasteiger partial charge in [0.05, 0.1) is 12.8 Å². The van der Waals surface area contributed by atoms with Gasteiger partial charge in [0.1, 0.15) is 10.8 Å². The fourth-order valence-electron chi connectivity index (χ4n) is 2.19. The number of hydrogen-bond acceptors (Lipinski definition) is 4. The van der Waals surface area contributed by atoms with Gasteiger partial charge in [-0.2, -0.15) is 0 Å². The van der Waals surface area contributed by atoms with E-state index in [1.165, 1.54) is 10.6 Å². The molecular weight excluding hydrogens is 244 g/mol. The van der Waals surface area contributed by atoms with E-state index in [0.717, 1.165) is 29.3 Å². The number of nitrogens with zero attached hydrogens (tertiary/aromatic N) is 1. The Hall–Kier alpha value is -1.39. The molecule has 0 aliphatic carbocycles. The second kappa shape index (κ2) is 4.71. The minimum Gasteiger partial charge on any atom is -0.497 e. The van der Waals surface area contributed by atoms with Crippen LogP contribution < -0.4 is 10.1 Å². The Bertz CT molecular complexity index is 565. The quantitative estimate of drug-likeness (QED) is 0.901. The van der Waals surface area contributed by atoms with Gasteiger partial charge in [0.15, 0.2) is 0 Å². The monoisotopic (exact) mass is 260 g/mol. The predicted molar refractivity (Wildman–Crippen MR) is 74.1 cm³/mol. The summed E-state index contributed by atoms with van der Waals surface area (Å²) in [6.45, 7) is 3.14. The third-order valence-electron chi connectivity index (χ3n) is 3.21. The van der Waals surface area contributed by atoms with Crippen molar-refractivity contribution in [3.8, 4) is 16.3 Å². The first kappa shape index (κ1) is 11.7. The van der Waals surface area contributed by atoms with Crippen molar-refractivity contribution in [1.82, 2.24) is 10.3 Å². The number of benzene rings is 1. The lowest BCUT2D eigenvalue weighted by Crippen LogP contribution is -2.32. The van der Waals surface area contributed by atoms with E-state index in [2.05, 4.69) is 18.3 Å². The summed E-state index contributed by atoms with van der Waals surface area (Å²) in [4.78, 5) is 6.14. The number of rotatable bonds is 2. The van der Waals surface area contributed by atoms with Gasteiger partial charge in [0.2, 0.25) is 0 Å². The maximum Gasteiger partial charge on any atom is 0.124 e. The minimum absolute atomic E-state index is 0.526. The Labute approximate surface area is 111 Å². The van der Waals surface area contributed by atoms with Crippen molar-refractivity contribution >= 4 is 11.3 Å². The summed E-state index contributed by atoms with van der Waals surface area (Å²) in [5, 5.41) is 4.56. The molecule has 1 aliphatic rings. The minimum atomic E-state index is 0.526. The Morgan fingerprint density at radius 1 is 1.44 bits per heavy atom. The van der Waals surface area contributed by atoms with Crippen LogP contribution in [-0.4, -0.2) is 18.1 Å². The zero-order valence-electron chi connectivity index (χ0n) is 10.6. The number of ether oxygens (including phenoxy) is 1. The zero-order valence-corrected chi connectivity index (χ0v) is 11.4. The average molecular weight is 260 g/mol. The second-order valence-electron chi connectivity index (χ2n) is 4.61. The van der Waals surface area contributed by atoms with Gasteiger partial charge in [-0.15, -0.1) is 11.3 Å². The molecule has 0 fully saturated rings. The van der Waals surface area contributed by atoms with Crippen LogP contribution in [0.3, 0.4) is 0 Å². The Morgan fingerprint density at radius 3 is 3.17 bits per heavy atom. The van der Waals surface area contributed by atoms with E-state index >= 15 is 0 Å². The molecule has 18 heavy (non-hydrogen) atoms. The standard InChI is InChI=1S/C14H16N2OS/c1-9-6-12-13(8-15-9)18-14(16-12)10-4-3-5-11(7-10)17-2/h3-5,7,9,15H,6,8H2,1-2H3. The number of methoxy groups -OCH3 is 1. The highest BCUT2D eigenvalue weighted by molar-refractivity contribution is 7.15. The molecule has 3 nitrogen and oxygen atoms in total. The van der Waals surface area contributed by atoms with E-state index in [4.69, 9.17) is 9.72 Å². The molecule has 3 rings (SSSR count). The van der Waals surface area contributed by atoms with Crippen LogP contribution in [0.4, 0.5) is 0 Å². The molecule has 1 N–H and O–H groups in total. The Kier molecular flexibility index (Phi) is 3.06. The van der Waals surface area contributed by atoms with Crippen molar-refractivity contribution in [2.75, 3.05) is 7.11 Å². The molecule has 2 aromatic rings. The van der Waals surface area contributed by atoms with E-state index in [1.54, 1.807) is 18.4 Å². The van der Waals surface area contributed by atoms with Crippen LogP contribution in [0.25, 0.3) is 10.6 Å². The molecule has 0 radical (unpaired) electrons. The molecular formula is C14H16N2OS. The summed E-state index contributed by atoms with van der Waals surface area (Å²) < 4.78 is 5.26. The number of thiazole rings is 1. The van der Waals surface area contributed by atoms with Crippen LogP contribution in [0.1, 0.15) is 17.5 Å². The van der Waals surface area contributed by atoms with Crippen molar-refractivity contribution in [3.05, 3.63) is 34.8 Å². The summed E-state index contributed by atoms with van der Waals surface area (Å²) in [7, 11) is 1.69. The van der Waals surface area contributed by atoms with Crippen LogP contribution in [-0.2, 0) is 13.0 Å². The molecule has 1 unspecified atom stereocenters. The van der Waals surface area contributed by atoms with E-state index in [9.17, 15) is 0 Å². The first-order valence-corrected chi connectivity index (χ1v) is 6.94. The number of aromatic nitrogens is 1. The lowest BCUT2D eigenvalue weighted by molar-refractivity contribution is 0.415. The van der Waals surface area contributed by atoms with Crippen LogP contribution in [0.2, 0.25) is 0 Å². The molecule has 0 saturated carbocycles. The van der Waals surface area contributed by atoms with Gasteiger partial charge in [0.25, 0.3) is 0 Å². The fraction of sp³-hybridized carbons (Fsp3) is 0.357. The van der Waals surface area contributed by atoms with Gasteiger partial charge in [-0.1, -0.05) is 12.1 Å². The molecule has 0 spiro atoms. The highest BCUT2D eigenvalue weighted by atomic mass is 32.1. The smallest absolute Gasteiger partial charge is 0.124 e. The van der Waals surface area contributed by atoms with Crippen molar-refractivity contribution < 1.29 is 4.74 Å². The first-order valence-electron chi connectivity index (χ1n) is 6.12. The molecule has 0 amide bonds. The van der Waals surface area contributed by atoms with Gasteiger partial charge in [0, 0.05) is 29.4 Å². The van der Waals surface area contributed by atoms with Gasteiger partial charge in [-0.05, 0) is 19.1 Å². The topological polar surface area (TPSA) is 34.1 Å². The van der Waals surface area contributed by atoms with Gasteiger partial charge >= 0.3 is 0 Å². The fourth-order valence-corrected chi connectivity index (χ4v) is 3.23. The summed E-state index contributed by atoms with van der Waals surface area (Å²) in [5.74, 6) is 0.882. The third kappa shape index (κ3) is 2.13. The molecule has 1 aliphatic heterocycles. The first-order chi connectivity index (χ1) is 8.76. The van der Waals surface area contributed by atoms with Crippen molar-refractivity contribution in [2.45, 2.75) is 25.9 Å². The summed E-state index contributed by atoms with van der Waals surface area (Å²) in [6, 6.07) is 8.62. The second-order valence-corrected chi connectivity index (χ2v) is 5.69. The zero-order chi connectivity index (χ0) is 12.5. The summed E-state index contributed by atoms with van der Waals surface area (Å²) in [5.41, 5.74) is 2.39. The predicted octanol–water partition coefficient (Wildman–Crippen LogP) is 2.85. The molecule has 0 saturated heterocycles. The van der Waals surface area contributed by atoms with Crippen LogP contribution in [0.5, 0.6) is 5.75 Å². The molecule has 0 bridgehead atoms. The van der Waals surface area contributed by atoms with Gasteiger partial charge in [-0.25, -0.2) is 4.98 Å². The Balaban J connectivity index is 1.97.